The van der Waals surface area contributed by atoms with Gasteiger partial charge in [-0.2, -0.15) is 0 Å². The summed E-state index contributed by atoms with van der Waals surface area (Å²) in [5.74, 6) is 3.58. The minimum atomic E-state index is -1.03. The van der Waals surface area contributed by atoms with Crippen molar-refractivity contribution >= 4 is 5.97 Å². The lowest BCUT2D eigenvalue weighted by Crippen LogP contribution is -2.31. The van der Waals surface area contributed by atoms with Crippen molar-refractivity contribution in [2.45, 2.75) is 93.9 Å². The SMILES string of the molecule is Cc1cc(C)cc(-c2[nH]nc(OCC(C)(C)C(=O)O)c2[C@H](C)CNCCc2ccc3c(c2)OCO3)c1.Cc1cc(C)cc(-c2[nH]nc(OCC(C)(C)CO)c2[C@H](C)CNCCc2ccc3c(c2)OCO3)c1. The van der Waals surface area contributed by atoms with Crippen molar-refractivity contribution < 1.29 is 43.4 Å². The molecular formula is C56H72N6O9. The number of aromatic amines is 2. The lowest BCUT2D eigenvalue weighted by atomic mass is 9.94. The molecule has 15 nitrogen and oxygen atoms in total. The molecule has 6 aromatic rings. The number of rotatable bonds is 22. The smallest absolute Gasteiger partial charge is 0.312 e. The number of aliphatic carboxylic acids is 1. The van der Waals surface area contributed by atoms with Gasteiger partial charge in [-0.05, 0) is 127 Å². The second kappa shape index (κ2) is 23.1. The third-order valence-corrected chi connectivity index (χ3v) is 12.7. The molecule has 2 aromatic heterocycles. The van der Waals surface area contributed by atoms with Crippen LogP contribution in [0.4, 0.5) is 0 Å². The number of nitrogens with zero attached hydrogens (tertiary/aromatic N) is 2. The van der Waals surface area contributed by atoms with Gasteiger partial charge in [0.15, 0.2) is 23.0 Å². The Labute approximate surface area is 418 Å². The first-order valence-electron chi connectivity index (χ1n) is 24.5. The molecule has 0 spiro atoms. The number of hydrogen-bond donors (Lipinski definition) is 6. The minimum absolute atomic E-state index is 0.0245. The largest absolute Gasteiger partial charge is 0.481 e. The van der Waals surface area contributed by atoms with Crippen LogP contribution in [0.1, 0.15) is 97.9 Å². The predicted octanol–water partition coefficient (Wildman–Crippen LogP) is 9.60. The van der Waals surface area contributed by atoms with Gasteiger partial charge in [-0.3, -0.25) is 15.0 Å². The lowest BCUT2D eigenvalue weighted by molar-refractivity contribution is -0.148. The molecule has 8 rings (SSSR count). The molecule has 0 radical (unpaired) electrons. The van der Waals surface area contributed by atoms with Crippen LogP contribution in [0.5, 0.6) is 34.8 Å². The normalized spacial score (nSPS) is 13.7. The van der Waals surface area contributed by atoms with Gasteiger partial charge >= 0.3 is 5.97 Å². The molecule has 15 heteroatoms. The summed E-state index contributed by atoms with van der Waals surface area (Å²) < 4.78 is 33.9. The van der Waals surface area contributed by atoms with E-state index in [4.69, 9.17) is 28.4 Å². The summed E-state index contributed by atoms with van der Waals surface area (Å²) in [5, 5.41) is 41.7. The number of aliphatic hydroxyl groups is 1. The maximum atomic E-state index is 11.6. The third kappa shape index (κ3) is 13.7. The van der Waals surface area contributed by atoms with Crippen molar-refractivity contribution in [1.29, 1.82) is 0 Å². The van der Waals surface area contributed by atoms with E-state index in [-0.39, 0.29) is 37.3 Å². The molecule has 0 unspecified atom stereocenters. The van der Waals surface area contributed by atoms with Gasteiger partial charge in [0.05, 0.1) is 30.0 Å². The van der Waals surface area contributed by atoms with Gasteiger partial charge in [0.1, 0.15) is 6.61 Å². The highest BCUT2D eigenvalue weighted by Gasteiger charge is 2.31. The fraction of sp³-hybridized carbons (Fsp3) is 0.446. The average Bonchev–Trinajstić information content (AvgIpc) is 4.16. The van der Waals surface area contributed by atoms with Crippen LogP contribution >= 0.6 is 0 Å². The molecule has 0 fully saturated rings. The van der Waals surface area contributed by atoms with E-state index < -0.39 is 11.4 Å². The number of hydrogen-bond acceptors (Lipinski definition) is 12. The van der Waals surface area contributed by atoms with Gasteiger partial charge in [0.2, 0.25) is 25.3 Å². The summed E-state index contributed by atoms with van der Waals surface area (Å²) >= 11 is 0. The van der Waals surface area contributed by atoms with Crippen LogP contribution in [0.2, 0.25) is 0 Å². The Morgan fingerprint density at radius 2 is 1.04 bits per heavy atom. The van der Waals surface area contributed by atoms with E-state index in [1.807, 2.05) is 32.0 Å². The summed E-state index contributed by atoms with van der Waals surface area (Å²) in [6.45, 7) is 24.1. The van der Waals surface area contributed by atoms with E-state index in [0.717, 1.165) is 100 Å². The quantitative estimate of drug-likeness (QED) is 0.0353. The third-order valence-electron chi connectivity index (χ3n) is 12.7. The molecule has 2 aliphatic rings. The zero-order valence-corrected chi connectivity index (χ0v) is 43.0. The van der Waals surface area contributed by atoms with Crippen LogP contribution in [0, 0.1) is 38.5 Å². The highest BCUT2D eigenvalue weighted by atomic mass is 16.7. The molecule has 0 aliphatic carbocycles. The first-order valence-corrected chi connectivity index (χ1v) is 24.5. The Morgan fingerprint density at radius 1 is 0.634 bits per heavy atom. The zero-order chi connectivity index (χ0) is 50.9. The monoisotopic (exact) mass is 973 g/mol. The van der Waals surface area contributed by atoms with Crippen LogP contribution in [-0.4, -0.2) is 96.2 Å². The van der Waals surface area contributed by atoms with Crippen molar-refractivity contribution in [3.8, 4) is 57.3 Å². The number of aliphatic hydroxyl groups excluding tert-OH is 1. The Morgan fingerprint density at radius 3 is 1.45 bits per heavy atom. The zero-order valence-electron chi connectivity index (χ0n) is 43.0. The summed E-state index contributed by atoms with van der Waals surface area (Å²) in [4.78, 5) is 11.6. The molecule has 6 N–H and O–H groups in total. The van der Waals surface area contributed by atoms with Gasteiger partial charge < -0.3 is 49.3 Å². The van der Waals surface area contributed by atoms with Crippen molar-refractivity contribution in [2.75, 3.05) is 59.6 Å². The van der Waals surface area contributed by atoms with Crippen LogP contribution in [0.25, 0.3) is 22.5 Å². The Kier molecular flexibility index (Phi) is 17.0. The van der Waals surface area contributed by atoms with E-state index in [9.17, 15) is 15.0 Å². The Bertz CT molecular complexity index is 2720. The molecule has 0 bridgehead atoms. The molecule has 0 saturated carbocycles. The number of aryl methyl sites for hydroxylation is 4. The van der Waals surface area contributed by atoms with Crippen molar-refractivity contribution in [1.82, 2.24) is 31.0 Å². The molecule has 2 atom stereocenters. The number of H-pyrrole nitrogens is 2. The number of benzene rings is 4. The molecule has 4 aromatic carbocycles. The Hall–Kier alpha value is -6.55. The van der Waals surface area contributed by atoms with Crippen LogP contribution in [0.3, 0.4) is 0 Å². The molecule has 71 heavy (non-hydrogen) atoms. The predicted molar refractivity (Wildman–Crippen MR) is 275 cm³/mol. The molecule has 0 saturated heterocycles. The average molecular weight is 973 g/mol. The topological polar surface area (TPSA) is 194 Å². The van der Waals surface area contributed by atoms with E-state index >= 15 is 0 Å². The summed E-state index contributed by atoms with van der Waals surface area (Å²) in [7, 11) is 0. The first-order chi connectivity index (χ1) is 33.9. The summed E-state index contributed by atoms with van der Waals surface area (Å²) in [6.07, 6.45) is 1.75. The molecule has 0 amide bonds. The van der Waals surface area contributed by atoms with E-state index in [2.05, 4.69) is 127 Å². The highest BCUT2D eigenvalue weighted by molar-refractivity contribution is 5.74. The van der Waals surface area contributed by atoms with Crippen molar-refractivity contribution in [3.05, 3.63) is 117 Å². The number of ether oxygens (including phenoxy) is 6. The summed E-state index contributed by atoms with van der Waals surface area (Å²) in [5.41, 5.74) is 11.8. The number of carbonyl (C=O) groups is 1. The van der Waals surface area contributed by atoms with Crippen LogP contribution in [0.15, 0.2) is 72.8 Å². The molecule has 4 heterocycles. The Balaban J connectivity index is 0.000000209. The highest BCUT2D eigenvalue weighted by Crippen LogP contribution is 2.38. The fourth-order valence-corrected chi connectivity index (χ4v) is 8.60. The second-order valence-corrected chi connectivity index (χ2v) is 20.6. The molecular weight excluding hydrogens is 901 g/mol. The van der Waals surface area contributed by atoms with Crippen molar-refractivity contribution in [2.24, 2.45) is 10.8 Å². The standard InChI is InChI=1S/C28H35N3O5.C28H37N3O4/c1-17-10-18(2)12-21(11-17)25-24(26(31-30-25)34-15-28(4,5)27(32)33)19(3)14-29-9-8-20-6-7-22-23(13-20)36-16-35-22;1-18-10-19(2)12-22(11-18)26-25(27(31-30-26)33-16-28(4,5)15-32)20(3)14-29-9-8-21-6-7-23-24(13-21)35-17-34-23/h6-7,10-13,19,29H,8-9,14-16H2,1-5H3,(H,30,31)(H,32,33);6-7,10-13,20,29,32H,8-9,14-17H2,1-5H3,(H,30,31)/t19-;20-/m11/s1. The fourth-order valence-electron chi connectivity index (χ4n) is 8.60. The van der Waals surface area contributed by atoms with Crippen LogP contribution in [-0.2, 0) is 17.6 Å². The minimum Gasteiger partial charge on any atom is -0.481 e. The van der Waals surface area contributed by atoms with E-state index in [1.54, 1.807) is 13.8 Å². The van der Waals surface area contributed by atoms with Gasteiger partial charge in [-0.1, -0.05) is 74.2 Å². The summed E-state index contributed by atoms with van der Waals surface area (Å²) in [6, 6.07) is 25.0. The van der Waals surface area contributed by atoms with Gasteiger partial charge in [0.25, 0.3) is 0 Å². The van der Waals surface area contributed by atoms with Gasteiger partial charge in [-0.15, -0.1) is 10.2 Å². The molecule has 2 aliphatic heterocycles. The van der Waals surface area contributed by atoms with Crippen molar-refractivity contribution in [3.63, 3.8) is 0 Å². The van der Waals surface area contributed by atoms with E-state index in [1.165, 1.54) is 22.3 Å². The van der Waals surface area contributed by atoms with E-state index in [0.29, 0.717) is 31.7 Å². The number of fused-ring (bicyclic) bond motifs is 2. The first kappa shape index (κ1) is 52.3. The number of carboxylic acids is 1. The van der Waals surface area contributed by atoms with Gasteiger partial charge in [0, 0.05) is 52.6 Å². The van der Waals surface area contributed by atoms with Crippen LogP contribution < -0.4 is 39.1 Å². The maximum absolute atomic E-state index is 11.6. The number of aromatic nitrogens is 4. The molecule has 380 valence electrons. The maximum Gasteiger partial charge on any atom is 0.312 e. The van der Waals surface area contributed by atoms with Gasteiger partial charge in [-0.25, -0.2) is 0 Å². The number of nitrogens with one attached hydrogen (secondary N) is 4. The number of carboxylic acid groups (broad SMARTS) is 1. The second-order valence-electron chi connectivity index (χ2n) is 20.6. The lowest BCUT2D eigenvalue weighted by Gasteiger charge is -2.22.